The molecule has 1 aromatic heterocycles. The first-order valence-electron chi connectivity index (χ1n) is 3.82. The summed E-state index contributed by atoms with van der Waals surface area (Å²) in [5.41, 5.74) is 1.11. The number of aromatic nitrogens is 1. The van der Waals surface area contributed by atoms with Gasteiger partial charge in [-0.15, -0.1) is 0 Å². The highest BCUT2D eigenvalue weighted by Crippen LogP contribution is 1.98. The maximum Gasteiger partial charge on any atom is 0.141 e. The summed E-state index contributed by atoms with van der Waals surface area (Å²) in [7, 11) is 0. The van der Waals surface area contributed by atoms with Crippen LogP contribution in [0.2, 0.25) is 0 Å². The molecule has 0 aromatic carbocycles. The Morgan fingerprint density at radius 1 is 1.54 bits per heavy atom. The number of aliphatic hydroxyl groups is 1. The van der Waals surface area contributed by atoms with Crippen LogP contribution in [0.15, 0.2) is 18.3 Å². The molecule has 13 heavy (non-hydrogen) atoms. The SMILES string of the molecule is N#Cc1cc(C#CCCO)ccn1. The van der Waals surface area contributed by atoms with Gasteiger partial charge in [-0.2, -0.15) is 5.26 Å². The Kier molecular flexibility index (Phi) is 3.50. The molecule has 0 aliphatic carbocycles. The fourth-order valence-electron chi connectivity index (χ4n) is 0.790. The fraction of sp³-hybridized carbons (Fsp3) is 0.200. The summed E-state index contributed by atoms with van der Waals surface area (Å²) in [6.45, 7) is 0.0587. The Labute approximate surface area is 76.7 Å². The Morgan fingerprint density at radius 2 is 2.38 bits per heavy atom. The molecule has 0 aliphatic rings. The molecule has 0 aliphatic heterocycles. The first-order chi connectivity index (χ1) is 6.36. The quantitative estimate of drug-likeness (QED) is 0.634. The van der Waals surface area contributed by atoms with Crippen LogP contribution < -0.4 is 0 Å². The van der Waals surface area contributed by atoms with E-state index in [-0.39, 0.29) is 6.61 Å². The van der Waals surface area contributed by atoms with Gasteiger partial charge in [0.1, 0.15) is 11.8 Å². The second-order valence-electron chi connectivity index (χ2n) is 2.32. The number of pyridine rings is 1. The molecule has 1 rings (SSSR count). The third-order valence-electron chi connectivity index (χ3n) is 1.34. The molecule has 1 heterocycles. The van der Waals surface area contributed by atoms with Gasteiger partial charge in [0.15, 0.2) is 0 Å². The molecule has 3 heteroatoms. The second kappa shape index (κ2) is 4.92. The van der Waals surface area contributed by atoms with Crippen LogP contribution in [0.25, 0.3) is 0 Å². The van der Waals surface area contributed by atoms with Crippen molar-refractivity contribution in [1.82, 2.24) is 4.98 Å². The van der Waals surface area contributed by atoms with E-state index < -0.39 is 0 Å². The number of rotatable bonds is 1. The lowest BCUT2D eigenvalue weighted by molar-refractivity contribution is 0.305. The van der Waals surface area contributed by atoms with Gasteiger partial charge in [0.25, 0.3) is 0 Å². The van der Waals surface area contributed by atoms with Crippen LogP contribution in [0.4, 0.5) is 0 Å². The van der Waals surface area contributed by atoms with Crippen molar-refractivity contribution in [3.8, 4) is 17.9 Å². The third kappa shape index (κ3) is 2.94. The molecule has 0 atom stereocenters. The lowest BCUT2D eigenvalue weighted by Crippen LogP contribution is -1.83. The Bertz CT molecular complexity index is 382. The minimum absolute atomic E-state index is 0.0587. The van der Waals surface area contributed by atoms with Gasteiger partial charge in [0.05, 0.1) is 6.61 Å². The summed E-state index contributed by atoms with van der Waals surface area (Å²) in [6.07, 6.45) is 1.99. The molecule has 0 fully saturated rings. The van der Waals surface area contributed by atoms with Crippen LogP contribution in [-0.2, 0) is 0 Å². The molecule has 1 aromatic rings. The van der Waals surface area contributed by atoms with E-state index in [9.17, 15) is 0 Å². The second-order valence-corrected chi connectivity index (χ2v) is 2.32. The number of nitrogens with zero attached hydrogens (tertiary/aromatic N) is 2. The molecule has 0 saturated carbocycles. The number of nitriles is 1. The maximum absolute atomic E-state index is 8.53. The topological polar surface area (TPSA) is 56.9 Å². The summed E-state index contributed by atoms with van der Waals surface area (Å²) in [4.78, 5) is 3.81. The predicted octanol–water partition coefficient (Wildman–Crippen LogP) is 0.687. The summed E-state index contributed by atoms with van der Waals surface area (Å²) in [6, 6.07) is 5.27. The van der Waals surface area contributed by atoms with E-state index in [0.29, 0.717) is 12.1 Å². The standard InChI is InChI=1S/C10H8N2O/c11-8-10-7-9(4-5-12-10)3-1-2-6-13/h4-5,7,13H,2,6H2. The summed E-state index contributed by atoms with van der Waals surface area (Å²) in [5.74, 6) is 5.58. The molecule has 0 bridgehead atoms. The Balaban J connectivity index is 2.81. The van der Waals surface area contributed by atoms with Gasteiger partial charge in [0.2, 0.25) is 0 Å². The van der Waals surface area contributed by atoms with E-state index in [4.69, 9.17) is 10.4 Å². The first kappa shape index (κ1) is 9.25. The van der Waals surface area contributed by atoms with Gasteiger partial charge < -0.3 is 5.11 Å². The predicted molar refractivity (Wildman–Crippen MR) is 47.5 cm³/mol. The number of hydrogen-bond acceptors (Lipinski definition) is 3. The summed E-state index contributed by atoms with van der Waals surface area (Å²) in [5, 5.41) is 17.0. The zero-order valence-corrected chi connectivity index (χ0v) is 6.99. The summed E-state index contributed by atoms with van der Waals surface area (Å²) < 4.78 is 0. The van der Waals surface area contributed by atoms with Crippen molar-refractivity contribution >= 4 is 0 Å². The van der Waals surface area contributed by atoms with Crippen LogP contribution >= 0.6 is 0 Å². The van der Waals surface area contributed by atoms with Gasteiger partial charge in [-0.05, 0) is 12.1 Å². The number of hydrogen-bond donors (Lipinski definition) is 1. The highest BCUT2D eigenvalue weighted by atomic mass is 16.2. The molecule has 3 nitrogen and oxygen atoms in total. The van der Waals surface area contributed by atoms with E-state index in [0.717, 1.165) is 5.56 Å². The normalized spacial score (nSPS) is 8.31. The van der Waals surface area contributed by atoms with Crippen LogP contribution in [0, 0.1) is 23.2 Å². The average Bonchev–Trinajstić information content (AvgIpc) is 2.19. The van der Waals surface area contributed by atoms with E-state index in [1.165, 1.54) is 0 Å². The maximum atomic E-state index is 8.53. The van der Waals surface area contributed by atoms with E-state index in [1.807, 2.05) is 6.07 Å². The molecule has 0 amide bonds. The Morgan fingerprint density at radius 3 is 3.08 bits per heavy atom. The van der Waals surface area contributed by atoms with Crippen LogP contribution in [-0.4, -0.2) is 16.7 Å². The van der Waals surface area contributed by atoms with E-state index in [1.54, 1.807) is 18.3 Å². The van der Waals surface area contributed by atoms with Crippen molar-refractivity contribution in [2.45, 2.75) is 6.42 Å². The van der Waals surface area contributed by atoms with Crippen molar-refractivity contribution in [3.05, 3.63) is 29.6 Å². The van der Waals surface area contributed by atoms with Gasteiger partial charge in [-0.3, -0.25) is 0 Å². The van der Waals surface area contributed by atoms with Crippen LogP contribution in [0.5, 0.6) is 0 Å². The number of aliphatic hydroxyl groups excluding tert-OH is 1. The van der Waals surface area contributed by atoms with Crippen molar-refractivity contribution in [2.24, 2.45) is 0 Å². The third-order valence-corrected chi connectivity index (χ3v) is 1.34. The van der Waals surface area contributed by atoms with Crippen molar-refractivity contribution in [1.29, 1.82) is 5.26 Å². The van der Waals surface area contributed by atoms with Gasteiger partial charge in [-0.25, -0.2) is 4.98 Å². The van der Waals surface area contributed by atoms with Gasteiger partial charge in [0, 0.05) is 18.2 Å². The lowest BCUT2D eigenvalue weighted by Gasteiger charge is -1.89. The lowest BCUT2D eigenvalue weighted by atomic mass is 10.2. The molecule has 0 unspecified atom stereocenters. The molecular weight excluding hydrogens is 164 g/mol. The zero-order valence-electron chi connectivity index (χ0n) is 6.99. The fourth-order valence-corrected chi connectivity index (χ4v) is 0.790. The van der Waals surface area contributed by atoms with Crippen molar-refractivity contribution < 1.29 is 5.11 Å². The van der Waals surface area contributed by atoms with Crippen LogP contribution in [0.1, 0.15) is 17.7 Å². The average molecular weight is 172 g/mol. The molecule has 1 N–H and O–H groups in total. The van der Waals surface area contributed by atoms with Gasteiger partial charge in [-0.1, -0.05) is 11.8 Å². The first-order valence-corrected chi connectivity index (χ1v) is 3.82. The molecule has 0 spiro atoms. The van der Waals surface area contributed by atoms with Crippen LogP contribution in [0.3, 0.4) is 0 Å². The van der Waals surface area contributed by atoms with Crippen molar-refractivity contribution in [2.75, 3.05) is 6.61 Å². The largest absolute Gasteiger partial charge is 0.395 e. The molecular formula is C10H8N2O. The Hall–Kier alpha value is -1.84. The molecule has 64 valence electrons. The monoisotopic (exact) mass is 172 g/mol. The van der Waals surface area contributed by atoms with Crippen molar-refractivity contribution in [3.63, 3.8) is 0 Å². The van der Waals surface area contributed by atoms with E-state index in [2.05, 4.69) is 16.8 Å². The highest BCUT2D eigenvalue weighted by molar-refractivity contribution is 5.37. The highest BCUT2D eigenvalue weighted by Gasteiger charge is 1.91. The smallest absolute Gasteiger partial charge is 0.141 e. The molecule has 0 saturated heterocycles. The zero-order chi connectivity index (χ0) is 9.52. The van der Waals surface area contributed by atoms with E-state index >= 15 is 0 Å². The minimum atomic E-state index is 0.0587. The molecule has 0 radical (unpaired) electrons. The van der Waals surface area contributed by atoms with Gasteiger partial charge >= 0.3 is 0 Å². The summed E-state index contributed by atoms with van der Waals surface area (Å²) >= 11 is 0. The minimum Gasteiger partial charge on any atom is -0.395 e.